The number of carbonyl (C=O) groups excluding carboxylic acids is 1. The molecule has 2 aromatic rings. The minimum absolute atomic E-state index is 0.219. The zero-order valence-electron chi connectivity index (χ0n) is 13.6. The lowest BCUT2D eigenvalue weighted by Gasteiger charge is -2.16. The quantitative estimate of drug-likeness (QED) is 0.619. The Morgan fingerprint density at radius 2 is 2.33 bits per heavy atom. The van der Waals surface area contributed by atoms with E-state index in [1.54, 1.807) is 6.21 Å². The van der Waals surface area contributed by atoms with Gasteiger partial charge >= 0.3 is 0 Å². The van der Waals surface area contributed by atoms with Crippen LogP contribution in [0.4, 0.5) is 5.13 Å². The summed E-state index contributed by atoms with van der Waals surface area (Å²) in [4.78, 5) is 17.7. The van der Waals surface area contributed by atoms with Crippen LogP contribution in [0.15, 0.2) is 34.7 Å². The first kappa shape index (κ1) is 16.4. The molecule has 2 heterocycles. The van der Waals surface area contributed by atoms with Gasteiger partial charge in [0.05, 0.1) is 18.5 Å². The van der Waals surface area contributed by atoms with Crippen molar-refractivity contribution in [1.82, 2.24) is 9.88 Å². The fourth-order valence-corrected chi connectivity index (χ4v) is 3.12. The van der Waals surface area contributed by atoms with Crippen molar-refractivity contribution >= 4 is 28.6 Å². The van der Waals surface area contributed by atoms with E-state index in [4.69, 9.17) is 4.74 Å². The number of aromatic nitrogens is 1. The molecule has 1 aromatic carbocycles. The molecule has 1 fully saturated rings. The summed E-state index contributed by atoms with van der Waals surface area (Å²) in [5.41, 5.74) is 4.77. The minimum atomic E-state index is 0.219. The maximum absolute atomic E-state index is 11.6. The number of ether oxygens (including phenoxy) is 1. The van der Waals surface area contributed by atoms with Crippen LogP contribution in [0.3, 0.4) is 0 Å². The molecule has 1 saturated heterocycles. The van der Waals surface area contributed by atoms with Gasteiger partial charge in [0, 0.05) is 23.9 Å². The molecule has 7 heteroatoms. The highest BCUT2D eigenvalue weighted by molar-refractivity contribution is 7.13. The number of nitrogens with one attached hydrogen (secondary N) is 1. The van der Waals surface area contributed by atoms with Gasteiger partial charge in [-0.1, -0.05) is 12.1 Å². The van der Waals surface area contributed by atoms with Crippen LogP contribution in [0.5, 0.6) is 5.75 Å². The predicted octanol–water partition coefficient (Wildman–Crippen LogP) is 2.90. The summed E-state index contributed by atoms with van der Waals surface area (Å²) < 4.78 is 5.83. The van der Waals surface area contributed by atoms with E-state index in [9.17, 15) is 4.79 Å². The number of benzene rings is 1. The summed E-state index contributed by atoms with van der Waals surface area (Å²) in [6.07, 6.45) is 3.32. The Morgan fingerprint density at radius 1 is 1.46 bits per heavy atom. The van der Waals surface area contributed by atoms with E-state index in [1.807, 2.05) is 41.5 Å². The Labute approximate surface area is 145 Å². The number of hydrogen-bond donors (Lipinski definition) is 1. The Hall–Kier alpha value is -2.41. The van der Waals surface area contributed by atoms with E-state index in [2.05, 4.69) is 15.5 Å². The third-order valence-corrected chi connectivity index (χ3v) is 4.56. The second-order valence-corrected chi connectivity index (χ2v) is 6.39. The monoisotopic (exact) mass is 344 g/mol. The third kappa shape index (κ3) is 4.32. The van der Waals surface area contributed by atoms with Gasteiger partial charge in [-0.25, -0.2) is 4.98 Å². The molecule has 6 nitrogen and oxygen atoms in total. The van der Waals surface area contributed by atoms with Crippen LogP contribution in [-0.2, 0) is 4.79 Å². The van der Waals surface area contributed by atoms with Gasteiger partial charge in [-0.2, -0.15) is 5.10 Å². The number of likely N-dealkylation sites (tertiary alicyclic amines) is 1. The van der Waals surface area contributed by atoms with Gasteiger partial charge in [0.25, 0.3) is 0 Å². The number of rotatable bonds is 7. The highest BCUT2D eigenvalue weighted by Gasteiger charge is 2.19. The Balaban J connectivity index is 1.55. The molecule has 1 aromatic heterocycles. The number of nitrogens with zero attached hydrogens (tertiary/aromatic N) is 3. The van der Waals surface area contributed by atoms with Crippen molar-refractivity contribution in [1.29, 1.82) is 0 Å². The van der Waals surface area contributed by atoms with Crippen molar-refractivity contribution in [2.45, 2.75) is 19.8 Å². The molecule has 0 bridgehead atoms. The number of thiazole rings is 1. The average molecular weight is 344 g/mol. The summed E-state index contributed by atoms with van der Waals surface area (Å²) in [5, 5.41) is 6.94. The van der Waals surface area contributed by atoms with Crippen LogP contribution in [0.1, 0.15) is 24.1 Å². The van der Waals surface area contributed by atoms with Crippen molar-refractivity contribution in [3.8, 4) is 5.75 Å². The second kappa shape index (κ2) is 7.92. The van der Waals surface area contributed by atoms with Crippen LogP contribution in [-0.4, -0.2) is 41.7 Å². The molecule has 0 spiro atoms. The van der Waals surface area contributed by atoms with Gasteiger partial charge in [-0.3, -0.25) is 10.2 Å². The molecule has 0 saturated carbocycles. The molecule has 1 aliphatic rings. The molecule has 3 rings (SSSR count). The summed E-state index contributed by atoms with van der Waals surface area (Å²) in [6, 6.07) is 7.70. The predicted molar refractivity (Wildman–Crippen MR) is 95.8 cm³/mol. The van der Waals surface area contributed by atoms with Crippen molar-refractivity contribution in [2.24, 2.45) is 5.10 Å². The topological polar surface area (TPSA) is 66.8 Å². The van der Waals surface area contributed by atoms with Crippen molar-refractivity contribution in [2.75, 3.05) is 25.1 Å². The first-order chi connectivity index (χ1) is 11.7. The van der Waals surface area contributed by atoms with Crippen LogP contribution in [0, 0.1) is 6.92 Å². The van der Waals surface area contributed by atoms with Crippen molar-refractivity contribution in [3.05, 3.63) is 40.9 Å². The molecule has 0 atom stereocenters. The van der Waals surface area contributed by atoms with E-state index in [1.165, 1.54) is 11.3 Å². The van der Waals surface area contributed by atoms with Crippen molar-refractivity contribution < 1.29 is 9.53 Å². The van der Waals surface area contributed by atoms with Crippen LogP contribution >= 0.6 is 11.3 Å². The lowest BCUT2D eigenvalue weighted by atomic mass is 10.2. The zero-order chi connectivity index (χ0) is 16.8. The molecular weight excluding hydrogens is 324 g/mol. The van der Waals surface area contributed by atoms with Crippen LogP contribution in [0.25, 0.3) is 0 Å². The molecule has 24 heavy (non-hydrogen) atoms. The second-order valence-electron chi connectivity index (χ2n) is 5.53. The molecule has 0 unspecified atom stereocenters. The van der Waals surface area contributed by atoms with Gasteiger partial charge in [0.1, 0.15) is 12.4 Å². The zero-order valence-corrected chi connectivity index (χ0v) is 14.4. The van der Waals surface area contributed by atoms with Gasteiger partial charge in [0.15, 0.2) is 0 Å². The Morgan fingerprint density at radius 3 is 3.08 bits per heavy atom. The molecule has 1 amide bonds. The number of anilines is 1. The first-order valence-electron chi connectivity index (χ1n) is 7.93. The van der Waals surface area contributed by atoms with E-state index in [-0.39, 0.29) is 5.91 Å². The third-order valence-electron chi connectivity index (χ3n) is 3.69. The SMILES string of the molecule is Cc1csc(NN=Cc2ccccc2OCCN2CCCC2=O)n1. The van der Waals surface area contributed by atoms with Gasteiger partial charge < -0.3 is 9.64 Å². The molecule has 1 aliphatic heterocycles. The summed E-state index contributed by atoms with van der Waals surface area (Å²) in [7, 11) is 0. The largest absolute Gasteiger partial charge is 0.491 e. The maximum atomic E-state index is 11.6. The highest BCUT2D eigenvalue weighted by atomic mass is 32.1. The lowest BCUT2D eigenvalue weighted by Crippen LogP contribution is -2.29. The van der Waals surface area contributed by atoms with E-state index in [0.717, 1.165) is 35.1 Å². The first-order valence-corrected chi connectivity index (χ1v) is 8.81. The maximum Gasteiger partial charge on any atom is 0.222 e. The van der Waals surface area contributed by atoms with Crippen molar-refractivity contribution in [3.63, 3.8) is 0 Å². The van der Waals surface area contributed by atoms with Gasteiger partial charge in [-0.15, -0.1) is 11.3 Å². The number of hydrogen-bond acceptors (Lipinski definition) is 6. The van der Waals surface area contributed by atoms with E-state index in [0.29, 0.717) is 19.6 Å². The van der Waals surface area contributed by atoms with Crippen LogP contribution in [0.2, 0.25) is 0 Å². The molecular formula is C17H20N4O2S. The minimum Gasteiger partial charge on any atom is -0.491 e. The number of amides is 1. The Bertz CT molecular complexity index is 729. The lowest BCUT2D eigenvalue weighted by molar-refractivity contribution is -0.128. The molecule has 1 N–H and O–H groups in total. The van der Waals surface area contributed by atoms with E-state index >= 15 is 0 Å². The summed E-state index contributed by atoms with van der Waals surface area (Å²) in [6.45, 7) is 3.89. The smallest absolute Gasteiger partial charge is 0.222 e. The fraction of sp³-hybridized carbons (Fsp3) is 0.353. The number of hydrazone groups is 1. The summed E-state index contributed by atoms with van der Waals surface area (Å²) in [5.74, 6) is 0.974. The number of aryl methyl sites for hydroxylation is 1. The normalized spacial score (nSPS) is 14.5. The average Bonchev–Trinajstić information content (AvgIpc) is 3.18. The fourth-order valence-electron chi connectivity index (χ4n) is 2.49. The Kier molecular flexibility index (Phi) is 5.43. The highest BCUT2D eigenvalue weighted by Crippen LogP contribution is 2.18. The molecule has 126 valence electrons. The summed E-state index contributed by atoms with van der Waals surface area (Å²) >= 11 is 1.51. The molecule has 0 radical (unpaired) electrons. The number of para-hydroxylation sites is 1. The number of carbonyl (C=O) groups is 1. The van der Waals surface area contributed by atoms with E-state index < -0.39 is 0 Å². The standard InChI is InChI=1S/C17H20N4O2S/c1-13-12-24-17(19-13)20-18-11-14-5-2-3-6-15(14)23-10-9-21-8-4-7-16(21)22/h2-3,5-6,11-12H,4,7-10H2,1H3,(H,19,20). The molecule has 0 aliphatic carbocycles. The van der Waals surface area contributed by atoms with Crippen LogP contribution < -0.4 is 10.2 Å². The van der Waals surface area contributed by atoms with Gasteiger partial charge in [-0.05, 0) is 25.5 Å². The van der Waals surface area contributed by atoms with Gasteiger partial charge in [0.2, 0.25) is 11.0 Å².